The van der Waals surface area contributed by atoms with Crippen LogP contribution in [0.2, 0.25) is 5.02 Å². The van der Waals surface area contributed by atoms with Crippen molar-refractivity contribution in [1.29, 1.82) is 0 Å². The van der Waals surface area contributed by atoms with Crippen LogP contribution in [0.25, 0.3) is 0 Å². The van der Waals surface area contributed by atoms with Crippen LogP contribution in [-0.2, 0) is 10.0 Å². The van der Waals surface area contributed by atoms with E-state index in [1.165, 1.54) is 0 Å². The van der Waals surface area contributed by atoms with E-state index in [0.717, 1.165) is 0 Å². The van der Waals surface area contributed by atoms with Gasteiger partial charge in [-0.2, -0.15) is 13.2 Å². The van der Waals surface area contributed by atoms with E-state index in [9.17, 15) is 26.0 Å². The first-order chi connectivity index (χ1) is 7.53. The zero-order valence-corrected chi connectivity index (χ0v) is 9.57. The third-order valence-corrected chi connectivity index (χ3v) is 3.38. The number of halogens is 5. The van der Waals surface area contributed by atoms with Crippen molar-refractivity contribution in [3.63, 3.8) is 0 Å². The third-order valence-electron chi connectivity index (χ3n) is 1.87. The molecule has 9 heteroatoms. The van der Waals surface area contributed by atoms with Gasteiger partial charge in [0.25, 0.3) is 0 Å². The minimum Gasteiger partial charge on any atom is -0.228 e. The van der Waals surface area contributed by atoms with Crippen molar-refractivity contribution in [3.8, 4) is 0 Å². The van der Waals surface area contributed by atoms with E-state index < -0.39 is 37.9 Å². The molecule has 17 heavy (non-hydrogen) atoms. The lowest BCUT2D eigenvalue weighted by Crippen LogP contribution is -2.33. The Hall–Kier alpha value is -0.860. The lowest BCUT2D eigenvalue weighted by atomic mass is 10.1. The van der Waals surface area contributed by atoms with Gasteiger partial charge in [-0.3, -0.25) is 0 Å². The highest BCUT2D eigenvalue weighted by Gasteiger charge is 2.49. The first-order valence-electron chi connectivity index (χ1n) is 4.07. The summed E-state index contributed by atoms with van der Waals surface area (Å²) in [5.41, 5.74) is -0.803. The van der Waals surface area contributed by atoms with E-state index in [0.29, 0.717) is 18.2 Å². The minimum absolute atomic E-state index is 0.584. The van der Waals surface area contributed by atoms with Crippen molar-refractivity contribution in [2.45, 2.75) is 11.4 Å². The van der Waals surface area contributed by atoms with Crippen molar-refractivity contribution in [3.05, 3.63) is 34.6 Å². The van der Waals surface area contributed by atoms with Crippen molar-refractivity contribution < 1.29 is 26.0 Å². The van der Waals surface area contributed by atoms with Gasteiger partial charge >= 0.3 is 6.18 Å². The van der Waals surface area contributed by atoms with Crippen LogP contribution in [-0.4, -0.2) is 14.6 Å². The largest absolute Gasteiger partial charge is 0.410 e. The summed E-state index contributed by atoms with van der Waals surface area (Å²) in [5, 5.41) is 0.884. The quantitative estimate of drug-likeness (QED) is 0.850. The van der Waals surface area contributed by atoms with E-state index in [-0.39, 0.29) is 0 Å². The summed E-state index contributed by atoms with van der Waals surface area (Å²) in [6, 6.07) is 1.90. The molecule has 1 atom stereocenters. The van der Waals surface area contributed by atoms with Crippen LogP contribution in [0.15, 0.2) is 18.2 Å². The standard InChI is InChI=1S/C8H6ClF4NO2S/c9-6-3-4(10)1-2-5(6)7(8(11,12)13)17(14,15)16/h1-3,7H,(H2,14,15,16). The molecule has 0 aliphatic carbocycles. The highest BCUT2D eigenvalue weighted by atomic mass is 35.5. The molecule has 0 aliphatic heterocycles. The Balaban J connectivity index is 3.44. The van der Waals surface area contributed by atoms with Crippen molar-refractivity contribution >= 4 is 21.6 Å². The average Bonchev–Trinajstić information content (AvgIpc) is 2.04. The molecule has 1 unspecified atom stereocenters. The normalized spacial score (nSPS) is 14.7. The first kappa shape index (κ1) is 14.2. The Bertz CT molecular complexity index is 529. The molecule has 0 spiro atoms. The van der Waals surface area contributed by atoms with E-state index in [2.05, 4.69) is 5.14 Å². The molecule has 0 saturated carbocycles. The molecule has 0 bridgehead atoms. The van der Waals surface area contributed by atoms with Crippen LogP contribution in [0.1, 0.15) is 10.8 Å². The summed E-state index contributed by atoms with van der Waals surface area (Å²) in [4.78, 5) is 0. The third kappa shape index (κ3) is 3.30. The van der Waals surface area contributed by atoms with Gasteiger partial charge < -0.3 is 0 Å². The fraction of sp³-hybridized carbons (Fsp3) is 0.250. The second kappa shape index (κ2) is 4.43. The van der Waals surface area contributed by atoms with E-state index in [1.807, 2.05) is 0 Å². The number of hydrogen-bond donors (Lipinski definition) is 1. The van der Waals surface area contributed by atoms with Crippen molar-refractivity contribution in [2.75, 3.05) is 0 Å². The predicted octanol–water partition coefficient (Wildman–Crippen LogP) is 2.37. The molecule has 3 nitrogen and oxygen atoms in total. The maximum absolute atomic E-state index is 12.7. The molecule has 1 rings (SSSR count). The zero-order valence-electron chi connectivity index (χ0n) is 8.00. The van der Waals surface area contributed by atoms with Crippen molar-refractivity contribution in [2.24, 2.45) is 5.14 Å². The number of rotatable bonds is 2. The molecular weight excluding hydrogens is 286 g/mol. The summed E-state index contributed by atoms with van der Waals surface area (Å²) in [6.07, 6.45) is -5.13. The van der Waals surface area contributed by atoms with Gasteiger partial charge in [-0.05, 0) is 17.7 Å². The van der Waals surface area contributed by atoms with Gasteiger partial charge in [0.2, 0.25) is 10.0 Å². The molecule has 1 aromatic rings. The number of benzene rings is 1. The van der Waals surface area contributed by atoms with Crippen LogP contribution in [0.3, 0.4) is 0 Å². The molecule has 2 N–H and O–H groups in total. The van der Waals surface area contributed by atoms with Gasteiger partial charge in [-0.1, -0.05) is 17.7 Å². The molecule has 0 heterocycles. The van der Waals surface area contributed by atoms with Crippen LogP contribution >= 0.6 is 11.6 Å². The average molecular weight is 292 g/mol. The summed E-state index contributed by atoms with van der Waals surface area (Å²) < 4.78 is 72.2. The topological polar surface area (TPSA) is 60.2 Å². The van der Waals surface area contributed by atoms with Crippen LogP contribution in [0.5, 0.6) is 0 Å². The Labute approximate surface area is 99.2 Å². The molecular formula is C8H6ClF4NO2S. The molecule has 0 amide bonds. The first-order valence-corrected chi connectivity index (χ1v) is 6.05. The lowest BCUT2D eigenvalue weighted by Gasteiger charge is -2.19. The maximum Gasteiger partial charge on any atom is 0.410 e. The molecule has 0 saturated heterocycles. The summed E-state index contributed by atoms with van der Waals surface area (Å²) in [7, 11) is -4.94. The van der Waals surface area contributed by atoms with Crippen LogP contribution in [0.4, 0.5) is 17.6 Å². The number of nitrogens with two attached hydrogens (primary N) is 1. The fourth-order valence-electron chi connectivity index (χ4n) is 1.25. The Kier molecular flexibility index (Phi) is 3.70. The number of alkyl halides is 3. The highest BCUT2D eigenvalue weighted by Crippen LogP contribution is 2.40. The summed E-state index contributed by atoms with van der Waals surface area (Å²) in [5.74, 6) is -0.880. The fourth-order valence-corrected chi connectivity index (χ4v) is 2.53. The van der Waals surface area contributed by atoms with Gasteiger partial charge in [0.1, 0.15) is 5.82 Å². The Morgan fingerprint density at radius 1 is 1.29 bits per heavy atom. The maximum atomic E-state index is 12.7. The Morgan fingerprint density at radius 2 is 1.82 bits per heavy atom. The van der Waals surface area contributed by atoms with Gasteiger partial charge in [0.05, 0.1) is 0 Å². The van der Waals surface area contributed by atoms with Gasteiger partial charge in [-0.25, -0.2) is 17.9 Å². The molecule has 0 aliphatic rings. The zero-order chi connectivity index (χ0) is 13.4. The summed E-state index contributed by atoms with van der Waals surface area (Å²) >= 11 is 5.38. The lowest BCUT2D eigenvalue weighted by molar-refractivity contribution is -0.131. The SMILES string of the molecule is NS(=O)(=O)C(c1ccc(F)cc1Cl)C(F)(F)F. The molecule has 0 radical (unpaired) electrons. The smallest absolute Gasteiger partial charge is 0.228 e. The predicted molar refractivity (Wildman–Crippen MR) is 53.3 cm³/mol. The molecule has 0 fully saturated rings. The Morgan fingerprint density at radius 3 is 2.18 bits per heavy atom. The van der Waals surface area contributed by atoms with E-state index in [1.54, 1.807) is 0 Å². The van der Waals surface area contributed by atoms with E-state index in [4.69, 9.17) is 11.6 Å². The van der Waals surface area contributed by atoms with Crippen molar-refractivity contribution in [1.82, 2.24) is 0 Å². The molecule has 0 aromatic heterocycles. The van der Waals surface area contributed by atoms with E-state index >= 15 is 0 Å². The van der Waals surface area contributed by atoms with Gasteiger partial charge in [0, 0.05) is 5.02 Å². The van der Waals surface area contributed by atoms with Gasteiger partial charge in [-0.15, -0.1) is 0 Å². The highest BCUT2D eigenvalue weighted by molar-refractivity contribution is 7.89. The second-order valence-electron chi connectivity index (χ2n) is 3.18. The van der Waals surface area contributed by atoms with Crippen LogP contribution < -0.4 is 5.14 Å². The number of primary sulfonamides is 1. The monoisotopic (exact) mass is 291 g/mol. The van der Waals surface area contributed by atoms with Crippen LogP contribution in [0, 0.1) is 5.82 Å². The second-order valence-corrected chi connectivity index (χ2v) is 5.23. The number of sulfonamides is 1. The van der Waals surface area contributed by atoms with Gasteiger partial charge in [0.15, 0.2) is 5.25 Å². The number of hydrogen-bond acceptors (Lipinski definition) is 2. The minimum atomic E-state index is -5.13. The molecule has 96 valence electrons. The summed E-state index contributed by atoms with van der Waals surface area (Å²) in [6.45, 7) is 0. The molecule has 1 aromatic carbocycles.